The van der Waals surface area contributed by atoms with Crippen LogP contribution in [0.25, 0.3) is 0 Å². The van der Waals surface area contributed by atoms with E-state index in [1.165, 1.54) is 0 Å². The van der Waals surface area contributed by atoms with Gasteiger partial charge in [-0.05, 0) is 49.9 Å². The Labute approximate surface area is 164 Å². The van der Waals surface area contributed by atoms with E-state index >= 15 is 0 Å². The van der Waals surface area contributed by atoms with Crippen molar-refractivity contribution >= 4 is 23.3 Å². The zero-order chi connectivity index (χ0) is 19.5. The standard InChI is InChI=1S/C20H25N5O3/c1-23-17-13-15(6-7-18(17)28-14-19(23)26)22-20(27)25-11-3-2-5-16(25)8-12-24-10-4-9-21-24/h4,6-7,9-10,13,16H,2-3,5,8,11-12,14H2,1H3,(H,22,27)/t16-/m1/s1. The lowest BCUT2D eigenvalue weighted by Crippen LogP contribution is -2.46. The van der Waals surface area contributed by atoms with Gasteiger partial charge in [0.15, 0.2) is 6.61 Å². The van der Waals surface area contributed by atoms with Crippen LogP contribution in [-0.4, -0.2) is 52.9 Å². The van der Waals surface area contributed by atoms with E-state index in [0.29, 0.717) is 17.1 Å². The van der Waals surface area contributed by atoms with Gasteiger partial charge in [-0.25, -0.2) is 4.79 Å². The molecule has 1 N–H and O–H groups in total. The Kier molecular flexibility index (Phi) is 5.18. The molecule has 8 heteroatoms. The van der Waals surface area contributed by atoms with Gasteiger partial charge in [-0.2, -0.15) is 5.10 Å². The number of ether oxygens (including phenoxy) is 1. The van der Waals surface area contributed by atoms with E-state index in [-0.39, 0.29) is 24.6 Å². The maximum Gasteiger partial charge on any atom is 0.322 e. The quantitative estimate of drug-likeness (QED) is 0.880. The van der Waals surface area contributed by atoms with Gasteiger partial charge in [0.1, 0.15) is 5.75 Å². The third-order valence-electron chi connectivity index (χ3n) is 5.44. The monoisotopic (exact) mass is 383 g/mol. The number of fused-ring (bicyclic) bond motifs is 1. The third kappa shape index (κ3) is 3.81. The van der Waals surface area contributed by atoms with Gasteiger partial charge in [-0.3, -0.25) is 9.48 Å². The van der Waals surface area contributed by atoms with Crippen LogP contribution < -0.4 is 15.0 Å². The number of carbonyl (C=O) groups is 2. The number of likely N-dealkylation sites (tertiary alicyclic amines) is 1. The van der Waals surface area contributed by atoms with Crippen LogP contribution >= 0.6 is 0 Å². The Hall–Kier alpha value is -3.03. The number of piperidine rings is 1. The predicted molar refractivity (Wildman–Crippen MR) is 106 cm³/mol. The molecular formula is C20H25N5O3. The van der Waals surface area contributed by atoms with E-state index < -0.39 is 0 Å². The van der Waals surface area contributed by atoms with Crippen LogP contribution in [0.15, 0.2) is 36.7 Å². The number of rotatable bonds is 4. The number of anilines is 2. The Morgan fingerprint density at radius 1 is 1.36 bits per heavy atom. The largest absolute Gasteiger partial charge is 0.482 e. The number of aromatic nitrogens is 2. The fourth-order valence-corrected chi connectivity index (χ4v) is 3.83. The molecule has 28 heavy (non-hydrogen) atoms. The van der Waals surface area contributed by atoms with Crippen molar-refractivity contribution in [1.82, 2.24) is 14.7 Å². The van der Waals surface area contributed by atoms with E-state index in [1.807, 2.05) is 27.9 Å². The summed E-state index contributed by atoms with van der Waals surface area (Å²) < 4.78 is 7.35. The molecule has 8 nitrogen and oxygen atoms in total. The second kappa shape index (κ2) is 7.92. The number of hydrogen-bond donors (Lipinski definition) is 1. The van der Waals surface area contributed by atoms with Gasteiger partial charge in [0, 0.05) is 44.3 Å². The lowest BCUT2D eigenvalue weighted by atomic mass is 10.00. The topological polar surface area (TPSA) is 79.7 Å². The van der Waals surface area contributed by atoms with E-state index in [9.17, 15) is 9.59 Å². The predicted octanol–water partition coefficient (Wildman–Crippen LogP) is 2.72. The molecular weight excluding hydrogens is 358 g/mol. The molecule has 3 heterocycles. The van der Waals surface area contributed by atoms with Crippen LogP contribution in [0.2, 0.25) is 0 Å². The molecule has 1 atom stereocenters. The van der Waals surface area contributed by atoms with Gasteiger partial charge in [0.2, 0.25) is 0 Å². The van der Waals surface area contributed by atoms with Gasteiger partial charge in [0.05, 0.1) is 5.69 Å². The Morgan fingerprint density at radius 2 is 2.25 bits per heavy atom. The summed E-state index contributed by atoms with van der Waals surface area (Å²) in [5, 5.41) is 7.24. The fraction of sp³-hybridized carbons (Fsp3) is 0.450. The van der Waals surface area contributed by atoms with Crippen LogP contribution in [0.1, 0.15) is 25.7 Å². The molecule has 2 aliphatic rings. The number of hydrogen-bond acceptors (Lipinski definition) is 4. The first-order valence-electron chi connectivity index (χ1n) is 9.70. The molecule has 0 saturated carbocycles. The molecule has 148 valence electrons. The van der Waals surface area contributed by atoms with Gasteiger partial charge >= 0.3 is 6.03 Å². The van der Waals surface area contributed by atoms with E-state index in [4.69, 9.17) is 4.74 Å². The average molecular weight is 383 g/mol. The summed E-state index contributed by atoms with van der Waals surface area (Å²) in [6, 6.07) is 7.39. The molecule has 0 unspecified atom stereocenters. The second-order valence-corrected chi connectivity index (χ2v) is 7.25. The molecule has 2 aliphatic heterocycles. The van der Waals surface area contributed by atoms with Crippen LogP contribution in [-0.2, 0) is 11.3 Å². The van der Waals surface area contributed by atoms with Crippen molar-refractivity contribution in [3.63, 3.8) is 0 Å². The van der Waals surface area contributed by atoms with E-state index in [2.05, 4.69) is 10.4 Å². The summed E-state index contributed by atoms with van der Waals surface area (Å²) in [7, 11) is 1.71. The Morgan fingerprint density at radius 3 is 3.07 bits per heavy atom. The van der Waals surface area contributed by atoms with Gasteiger partial charge < -0.3 is 19.9 Å². The van der Waals surface area contributed by atoms with Crippen LogP contribution in [0.5, 0.6) is 5.75 Å². The highest BCUT2D eigenvalue weighted by Gasteiger charge is 2.27. The first-order valence-corrected chi connectivity index (χ1v) is 9.70. The number of likely N-dealkylation sites (N-methyl/N-ethyl adjacent to an activating group) is 1. The Bertz CT molecular complexity index is 852. The average Bonchev–Trinajstić information content (AvgIpc) is 3.23. The van der Waals surface area contributed by atoms with Crippen molar-refractivity contribution in [3.8, 4) is 5.75 Å². The number of nitrogens with zero attached hydrogens (tertiary/aromatic N) is 4. The molecule has 0 bridgehead atoms. The van der Waals surface area contributed by atoms with Gasteiger partial charge in [0.25, 0.3) is 5.91 Å². The first-order chi connectivity index (χ1) is 13.6. The van der Waals surface area contributed by atoms with Crippen molar-refractivity contribution < 1.29 is 14.3 Å². The van der Waals surface area contributed by atoms with Crippen molar-refractivity contribution in [2.24, 2.45) is 0 Å². The molecule has 1 saturated heterocycles. The van der Waals surface area contributed by atoms with Crippen LogP contribution in [0.3, 0.4) is 0 Å². The third-order valence-corrected chi connectivity index (χ3v) is 5.44. The maximum atomic E-state index is 12.9. The molecule has 1 aromatic heterocycles. The minimum atomic E-state index is -0.106. The maximum absolute atomic E-state index is 12.9. The summed E-state index contributed by atoms with van der Waals surface area (Å²) in [6.45, 7) is 1.59. The number of carbonyl (C=O) groups excluding carboxylic acids is 2. The van der Waals surface area contributed by atoms with Crippen LogP contribution in [0.4, 0.5) is 16.2 Å². The molecule has 1 fully saturated rings. The highest BCUT2D eigenvalue weighted by Crippen LogP contribution is 2.34. The van der Waals surface area contributed by atoms with Crippen molar-refractivity contribution in [2.75, 3.05) is 30.4 Å². The first kappa shape index (κ1) is 18.3. The summed E-state index contributed by atoms with van der Waals surface area (Å²) in [5.41, 5.74) is 1.33. The fourth-order valence-electron chi connectivity index (χ4n) is 3.83. The summed E-state index contributed by atoms with van der Waals surface area (Å²) in [4.78, 5) is 28.3. The Balaban J connectivity index is 1.43. The van der Waals surface area contributed by atoms with Crippen molar-refractivity contribution in [2.45, 2.75) is 38.3 Å². The van der Waals surface area contributed by atoms with Crippen LogP contribution in [0, 0.1) is 0 Å². The number of benzene rings is 1. The molecule has 0 radical (unpaired) electrons. The number of urea groups is 1. The minimum absolute atomic E-state index is 0.0426. The highest BCUT2D eigenvalue weighted by atomic mass is 16.5. The zero-order valence-corrected chi connectivity index (χ0v) is 16.0. The SMILES string of the molecule is CN1C(=O)COc2ccc(NC(=O)N3CCCC[C@@H]3CCn3cccn3)cc21. The van der Waals surface area contributed by atoms with Gasteiger partial charge in [-0.15, -0.1) is 0 Å². The summed E-state index contributed by atoms with van der Waals surface area (Å²) in [5.74, 6) is 0.542. The zero-order valence-electron chi connectivity index (χ0n) is 16.0. The molecule has 3 amide bonds. The van der Waals surface area contributed by atoms with E-state index in [1.54, 1.807) is 30.3 Å². The molecule has 4 rings (SSSR count). The molecule has 2 aromatic rings. The summed E-state index contributed by atoms with van der Waals surface area (Å²) >= 11 is 0. The number of nitrogens with one attached hydrogen (secondary N) is 1. The second-order valence-electron chi connectivity index (χ2n) is 7.25. The lowest BCUT2D eigenvalue weighted by Gasteiger charge is -2.36. The minimum Gasteiger partial charge on any atom is -0.482 e. The highest BCUT2D eigenvalue weighted by molar-refractivity contribution is 5.99. The van der Waals surface area contributed by atoms with Crippen molar-refractivity contribution in [1.29, 1.82) is 0 Å². The number of aryl methyl sites for hydroxylation is 1. The number of amides is 3. The molecule has 0 aliphatic carbocycles. The van der Waals surface area contributed by atoms with Gasteiger partial charge in [-0.1, -0.05) is 0 Å². The van der Waals surface area contributed by atoms with Crippen molar-refractivity contribution in [3.05, 3.63) is 36.7 Å². The van der Waals surface area contributed by atoms with E-state index in [0.717, 1.165) is 38.8 Å². The lowest BCUT2D eigenvalue weighted by molar-refractivity contribution is -0.120. The molecule has 0 spiro atoms. The smallest absolute Gasteiger partial charge is 0.322 e. The normalized spacial score (nSPS) is 19.2. The molecule has 1 aromatic carbocycles. The summed E-state index contributed by atoms with van der Waals surface area (Å²) in [6.07, 6.45) is 7.75.